The van der Waals surface area contributed by atoms with E-state index in [9.17, 15) is 0 Å². The van der Waals surface area contributed by atoms with E-state index in [1.807, 2.05) is 87.8 Å². The van der Waals surface area contributed by atoms with E-state index in [4.69, 9.17) is 0 Å². The molecule has 2 aromatic heterocycles. The Kier molecular flexibility index (Phi) is 9.86. The fourth-order valence-electron chi connectivity index (χ4n) is 4.08. The molecule has 0 fully saturated rings. The molecule has 4 heteroatoms. The number of hydrogen-bond donors (Lipinski definition) is 0. The fraction of sp³-hybridized carbons (Fsp3) is 0.0833. The van der Waals surface area contributed by atoms with Gasteiger partial charge in [0.05, 0.1) is 5.82 Å². The maximum absolute atomic E-state index is 4.54. The van der Waals surface area contributed by atoms with Crippen molar-refractivity contribution in [1.29, 1.82) is 0 Å². The van der Waals surface area contributed by atoms with E-state index in [1.54, 1.807) is 0 Å². The Labute approximate surface area is 250 Å². The summed E-state index contributed by atoms with van der Waals surface area (Å²) in [6.45, 7) is 6.06. The van der Waals surface area contributed by atoms with Crippen LogP contribution in [-0.4, -0.2) is 15.0 Å². The van der Waals surface area contributed by atoms with Gasteiger partial charge in [-0.1, -0.05) is 83.9 Å². The molecule has 6 aromatic rings. The van der Waals surface area contributed by atoms with Gasteiger partial charge in [0.25, 0.3) is 0 Å². The van der Waals surface area contributed by atoms with Gasteiger partial charge in [-0.2, -0.15) is 0 Å². The van der Waals surface area contributed by atoms with Gasteiger partial charge in [0.1, 0.15) is 0 Å². The monoisotopic (exact) mass is 696 g/mol. The van der Waals surface area contributed by atoms with Crippen LogP contribution in [0.25, 0.3) is 44.9 Å². The van der Waals surface area contributed by atoms with Gasteiger partial charge in [0.2, 0.25) is 0 Å². The van der Waals surface area contributed by atoms with E-state index in [-0.39, 0.29) is 20.1 Å². The van der Waals surface area contributed by atoms with Crippen molar-refractivity contribution in [2.45, 2.75) is 20.8 Å². The zero-order chi connectivity index (χ0) is 27.0. The third-order valence-corrected chi connectivity index (χ3v) is 6.48. The van der Waals surface area contributed by atoms with Gasteiger partial charge in [-0.3, -0.25) is 9.97 Å². The summed E-state index contributed by atoms with van der Waals surface area (Å²) in [5.74, 6) is 0.728. The van der Waals surface area contributed by atoms with Gasteiger partial charge in [-0.05, 0) is 43.2 Å². The molecule has 40 heavy (non-hydrogen) atoms. The molecule has 0 amide bonds. The fourth-order valence-corrected chi connectivity index (χ4v) is 4.08. The van der Waals surface area contributed by atoms with Crippen LogP contribution in [0.3, 0.4) is 0 Å². The molecule has 0 bridgehead atoms. The van der Waals surface area contributed by atoms with Gasteiger partial charge >= 0.3 is 0 Å². The van der Waals surface area contributed by atoms with Crippen molar-refractivity contribution in [3.63, 3.8) is 0 Å². The zero-order valence-corrected chi connectivity index (χ0v) is 25.1. The quantitative estimate of drug-likeness (QED) is 0.173. The van der Waals surface area contributed by atoms with Crippen molar-refractivity contribution in [2.75, 3.05) is 0 Å². The number of hydrogen-bond acceptors (Lipinski definition) is 3. The smallest absolute Gasteiger partial charge is 0.0751 e. The van der Waals surface area contributed by atoms with Crippen LogP contribution < -0.4 is 0 Å². The molecule has 0 aliphatic carbocycles. The average molecular weight is 696 g/mol. The Bertz CT molecular complexity index is 1650. The zero-order valence-electron chi connectivity index (χ0n) is 22.7. The van der Waals surface area contributed by atoms with Crippen LogP contribution in [-0.2, 0) is 20.1 Å². The summed E-state index contributed by atoms with van der Waals surface area (Å²) < 4.78 is 0. The van der Waals surface area contributed by atoms with E-state index in [2.05, 4.69) is 81.7 Å². The summed E-state index contributed by atoms with van der Waals surface area (Å²) >= 11 is 0. The van der Waals surface area contributed by atoms with Crippen LogP contribution in [0.1, 0.15) is 16.8 Å². The van der Waals surface area contributed by atoms with E-state index >= 15 is 0 Å². The van der Waals surface area contributed by atoms with Crippen molar-refractivity contribution in [3.05, 3.63) is 151 Å². The Balaban J connectivity index is 0.000000181. The minimum Gasteiger partial charge on any atom is -0.304 e. The number of rotatable bonds is 4. The van der Waals surface area contributed by atoms with Crippen LogP contribution in [0.4, 0.5) is 0 Å². The van der Waals surface area contributed by atoms with Gasteiger partial charge in [0.15, 0.2) is 0 Å². The molecule has 0 unspecified atom stereocenters. The second kappa shape index (κ2) is 13.7. The normalized spacial score (nSPS) is 10.2. The van der Waals surface area contributed by atoms with Crippen molar-refractivity contribution in [2.24, 2.45) is 0 Å². The number of aromatic nitrogens is 3. The molecule has 4 aromatic carbocycles. The van der Waals surface area contributed by atoms with E-state index in [0.29, 0.717) is 0 Å². The summed E-state index contributed by atoms with van der Waals surface area (Å²) in [5, 5.41) is 0. The maximum atomic E-state index is 4.54. The first kappa shape index (κ1) is 28.8. The molecule has 0 atom stereocenters. The molecule has 1 radical (unpaired) electrons. The summed E-state index contributed by atoms with van der Waals surface area (Å²) in [7, 11) is 0. The van der Waals surface area contributed by atoms with Gasteiger partial charge < -0.3 is 4.98 Å². The third-order valence-electron chi connectivity index (χ3n) is 6.48. The summed E-state index contributed by atoms with van der Waals surface area (Å²) in [5.41, 5.74) is 10.9. The molecule has 0 saturated heterocycles. The van der Waals surface area contributed by atoms with Crippen LogP contribution in [0, 0.1) is 32.9 Å². The molecule has 3 nitrogen and oxygen atoms in total. The van der Waals surface area contributed by atoms with E-state index in [1.165, 1.54) is 22.3 Å². The molecular formula is C36H29IrN3-2. The molecule has 0 aliphatic rings. The molecular weight excluding hydrogens is 667 g/mol. The van der Waals surface area contributed by atoms with Crippen molar-refractivity contribution >= 4 is 0 Å². The van der Waals surface area contributed by atoms with Crippen molar-refractivity contribution in [1.82, 2.24) is 15.0 Å². The minimum atomic E-state index is 0. The van der Waals surface area contributed by atoms with Gasteiger partial charge in [-0.25, -0.2) is 0 Å². The first-order valence-corrected chi connectivity index (χ1v) is 12.9. The molecule has 0 N–H and O–H groups in total. The number of aryl methyl sites for hydroxylation is 3. The standard InChI is InChI=1S/C18H15N2.C18H14N.Ir/c1-13-12-19-18(20-14(13)2)17-10-6-9-16(11-17)15-7-4-3-5-8-15;1-14-7-12-18(19-13-14)17-10-8-16(9-11-17)15-5-3-2-4-6-15;/h3-9,11-12H,1-2H3;2-10,12-13H,1H3;/q2*-1;. The van der Waals surface area contributed by atoms with Gasteiger partial charge in [-0.15, -0.1) is 65.2 Å². The van der Waals surface area contributed by atoms with Crippen LogP contribution >= 0.6 is 0 Å². The van der Waals surface area contributed by atoms with Crippen LogP contribution in [0.2, 0.25) is 0 Å². The Morgan fingerprint density at radius 3 is 1.88 bits per heavy atom. The number of nitrogens with zero attached hydrogens (tertiary/aromatic N) is 3. The Morgan fingerprint density at radius 1 is 0.575 bits per heavy atom. The average Bonchev–Trinajstić information content (AvgIpc) is 3.00. The number of pyridine rings is 1. The molecule has 6 rings (SSSR count). The second-order valence-electron chi connectivity index (χ2n) is 9.40. The largest absolute Gasteiger partial charge is 0.304 e. The Hall–Kier alpha value is -4.24. The maximum Gasteiger partial charge on any atom is 0.0751 e. The SMILES string of the molecule is Cc1ccc(-c2[c-]cc(-c3ccccc3)cc2)nc1.Cc1cnc(-c2[c-]ccc(-c3ccccc3)c2)nc1C.[Ir]. The first-order valence-electron chi connectivity index (χ1n) is 12.9. The summed E-state index contributed by atoms with van der Waals surface area (Å²) in [6, 6.07) is 43.5. The molecule has 0 aliphatic heterocycles. The predicted octanol–water partition coefficient (Wildman–Crippen LogP) is 8.75. The molecule has 0 spiro atoms. The van der Waals surface area contributed by atoms with Crippen LogP contribution in [0.5, 0.6) is 0 Å². The second-order valence-corrected chi connectivity index (χ2v) is 9.40. The van der Waals surface area contributed by atoms with E-state index in [0.717, 1.165) is 39.5 Å². The number of benzene rings is 4. The minimum absolute atomic E-state index is 0. The van der Waals surface area contributed by atoms with Crippen molar-refractivity contribution in [3.8, 4) is 44.9 Å². The van der Waals surface area contributed by atoms with Gasteiger partial charge in [0, 0.05) is 38.2 Å². The molecule has 2 heterocycles. The summed E-state index contributed by atoms with van der Waals surface area (Å²) in [4.78, 5) is 13.4. The molecule has 199 valence electrons. The first-order chi connectivity index (χ1) is 19.1. The van der Waals surface area contributed by atoms with Crippen LogP contribution in [0.15, 0.2) is 122 Å². The molecule has 0 saturated carbocycles. The third kappa shape index (κ3) is 7.24. The topological polar surface area (TPSA) is 38.7 Å². The Morgan fingerprint density at radius 2 is 1.27 bits per heavy atom. The predicted molar refractivity (Wildman–Crippen MR) is 160 cm³/mol. The summed E-state index contributed by atoms with van der Waals surface area (Å²) in [6.07, 6.45) is 3.75. The van der Waals surface area contributed by atoms with Crippen molar-refractivity contribution < 1.29 is 20.1 Å². The van der Waals surface area contributed by atoms with E-state index < -0.39 is 0 Å².